The minimum absolute atomic E-state index is 0.0227. The van der Waals surface area contributed by atoms with E-state index in [-0.39, 0.29) is 5.69 Å². The Kier molecular flexibility index (Phi) is 4.61. The van der Waals surface area contributed by atoms with E-state index in [0.717, 1.165) is 11.1 Å². The van der Waals surface area contributed by atoms with Crippen molar-refractivity contribution in [2.24, 2.45) is 7.05 Å². The van der Waals surface area contributed by atoms with Gasteiger partial charge in [-0.2, -0.15) is 5.10 Å². The van der Waals surface area contributed by atoms with E-state index >= 15 is 0 Å². The van der Waals surface area contributed by atoms with Gasteiger partial charge in [-0.1, -0.05) is 18.5 Å². The summed E-state index contributed by atoms with van der Waals surface area (Å²) in [5.74, 6) is -0.0672. The summed E-state index contributed by atoms with van der Waals surface area (Å²) < 4.78 is 12.3. The molecular weight excluding hydrogens is 308 g/mol. The lowest BCUT2D eigenvalue weighted by molar-refractivity contribution is 0.0689. The highest BCUT2D eigenvalue weighted by Gasteiger charge is 2.22. The van der Waals surface area contributed by atoms with Crippen molar-refractivity contribution in [3.8, 4) is 22.8 Å². The third kappa shape index (κ3) is 2.62. The molecule has 0 aliphatic heterocycles. The Bertz CT molecular complexity index is 725. The van der Waals surface area contributed by atoms with E-state index < -0.39 is 5.97 Å². The Morgan fingerprint density at radius 1 is 1.32 bits per heavy atom. The van der Waals surface area contributed by atoms with Gasteiger partial charge in [-0.05, 0) is 18.6 Å². The molecule has 0 saturated carbocycles. The Hall–Kier alpha value is -2.21. The number of hydrogen-bond donors (Lipinski definition) is 1. The van der Waals surface area contributed by atoms with Gasteiger partial charge in [0.1, 0.15) is 0 Å². The fraction of sp³-hybridized carbons (Fsp3) is 0.333. The summed E-state index contributed by atoms with van der Waals surface area (Å²) in [5.41, 5.74) is 2.28. The SMILES string of the molecule is CCc1c(-c2cc(C(=O)O)nn2C)cc(Cl)c(OC)c1OC. The minimum Gasteiger partial charge on any atom is -0.492 e. The van der Waals surface area contributed by atoms with Crippen LogP contribution in [-0.4, -0.2) is 35.1 Å². The summed E-state index contributed by atoms with van der Waals surface area (Å²) in [6.45, 7) is 1.98. The van der Waals surface area contributed by atoms with Crippen molar-refractivity contribution < 1.29 is 19.4 Å². The molecule has 2 aromatic rings. The molecule has 0 atom stereocenters. The number of benzene rings is 1. The second kappa shape index (κ2) is 6.27. The zero-order chi connectivity index (χ0) is 16.4. The van der Waals surface area contributed by atoms with Gasteiger partial charge >= 0.3 is 5.97 Å². The third-order valence-electron chi connectivity index (χ3n) is 3.43. The highest BCUT2D eigenvalue weighted by Crippen LogP contribution is 2.43. The smallest absolute Gasteiger partial charge is 0.356 e. The number of carbonyl (C=O) groups is 1. The molecule has 0 amide bonds. The molecule has 1 N–H and O–H groups in total. The molecule has 1 aromatic carbocycles. The molecule has 0 fully saturated rings. The summed E-state index contributed by atoms with van der Waals surface area (Å²) >= 11 is 6.26. The van der Waals surface area contributed by atoms with Gasteiger partial charge in [0.25, 0.3) is 0 Å². The number of aromatic nitrogens is 2. The summed E-state index contributed by atoms with van der Waals surface area (Å²) in [4.78, 5) is 11.1. The van der Waals surface area contributed by atoms with E-state index in [4.69, 9.17) is 26.2 Å². The number of ether oxygens (including phenoxy) is 2. The van der Waals surface area contributed by atoms with Gasteiger partial charge in [0.15, 0.2) is 17.2 Å². The van der Waals surface area contributed by atoms with Crippen LogP contribution >= 0.6 is 11.6 Å². The third-order valence-corrected chi connectivity index (χ3v) is 3.71. The van der Waals surface area contributed by atoms with E-state index in [0.29, 0.717) is 28.6 Å². The molecule has 22 heavy (non-hydrogen) atoms. The van der Waals surface area contributed by atoms with Crippen LogP contribution in [0.4, 0.5) is 0 Å². The van der Waals surface area contributed by atoms with Crippen molar-refractivity contribution in [3.05, 3.63) is 28.4 Å². The van der Waals surface area contributed by atoms with Crippen molar-refractivity contribution in [3.63, 3.8) is 0 Å². The molecule has 0 aliphatic rings. The molecule has 0 unspecified atom stereocenters. The fourth-order valence-electron chi connectivity index (χ4n) is 2.46. The molecule has 7 heteroatoms. The normalized spacial score (nSPS) is 10.6. The summed E-state index contributed by atoms with van der Waals surface area (Å²) in [7, 11) is 4.75. The maximum Gasteiger partial charge on any atom is 0.356 e. The molecule has 0 aliphatic carbocycles. The summed E-state index contributed by atoms with van der Waals surface area (Å²) in [5, 5.41) is 13.5. The predicted molar refractivity (Wildman–Crippen MR) is 83.1 cm³/mol. The van der Waals surface area contributed by atoms with Crippen LogP contribution in [0, 0.1) is 0 Å². The Morgan fingerprint density at radius 2 is 1.95 bits per heavy atom. The quantitative estimate of drug-likeness (QED) is 0.915. The number of halogens is 1. The molecule has 0 saturated heterocycles. The standard InChI is InChI=1S/C15H17ClN2O4/c1-5-8-9(6-10(16)14(22-4)13(8)21-3)12-7-11(15(19)20)17-18(12)2/h6-7H,5H2,1-4H3,(H,19,20). The molecule has 0 radical (unpaired) electrons. The van der Waals surface area contributed by atoms with Crippen LogP contribution in [0.15, 0.2) is 12.1 Å². The van der Waals surface area contributed by atoms with Crippen LogP contribution in [-0.2, 0) is 13.5 Å². The molecule has 1 aromatic heterocycles. The molecular formula is C15H17ClN2O4. The molecule has 6 nitrogen and oxygen atoms in total. The maximum absolute atomic E-state index is 11.1. The van der Waals surface area contributed by atoms with Crippen LogP contribution in [0.3, 0.4) is 0 Å². The molecule has 2 rings (SSSR count). The molecule has 0 bridgehead atoms. The van der Waals surface area contributed by atoms with Gasteiger partial charge in [0, 0.05) is 18.2 Å². The van der Waals surface area contributed by atoms with Crippen LogP contribution in [0.1, 0.15) is 23.0 Å². The van der Waals surface area contributed by atoms with Gasteiger partial charge in [0.05, 0.1) is 24.9 Å². The summed E-state index contributed by atoms with van der Waals surface area (Å²) in [6, 6.07) is 3.25. The Labute approximate surface area is 133 Å². The van der Waals surface area contributed by atoms with Crippen molar-refractivity contribution in [1.82, 2.24) is 9.78 Å². The van der Waals surface area contributed by atoms with Crippen LogP contribution in [0.5, 0.6) is 11.5 Å². The average Bonchev–Trinajstić information content (AvgIpc) is 2.88. The number of aromatic carboxylic acids is 1. The number of carboxylic acid groups (broad SMARTS) is 1. The summed E-state index contributed by atoms with van der Waals surface area (Å²) in [6.07, 6.45) is 0.666. The van der Waals surface area contributed by atoms with Gasteiger partial charge in [-0.15, -0.1) is 0 Å². The molecule has 0 spiro atoms. The zero-order valence-corrected chi connectivity index (χ0v) is 13.6. The van der Waals surface area contributed by atoms with Crippen molar-refractivity contribution in [1.29, 1.82) is 0 Å². The van der Waals surface area contributed by atoms with Crippen molar-refractivity contribution >= 4 is 17.6 Å². The van der Waals surface area contributed by atoms with E-state index in [1.807, 2.05) is 6.92 Å². The Balaban J connectivity index is 2.75. The van der Waals surface area contributed by atoms with Crippen molar-refractivity contribution in [2.45, 2.75) is 13.3 Å². The topological polar surface area (TPSA) is 73.6 Å². The minimum atomic E-state index is -1.08. The lowest BCUT2D eigenvalue weighted by atomic mass is 10.00. The lowest BCUT2D eigenvalue weighted by Crippen LogP contribution is -2.02. The molecule has 118 valence electrons. The first-order chi connectivity index (χ1) is 10.4. The number of methoxy groups -OCH3 is 2. The highest BCUT2D eigenvalue weighted by atomic mass is 35.5. The first-order valence-corrected chi connectivity index (χ1v) is 7.03. The van der Waals surface area contributed by atoms with Gasteiger partial charge in [-0.3, -0.25) is 4.68 Å². The Morgan fingerprint density at radius 3 is 2.41 bits per heavy atom. The highest BCUT2D eigenvalue weighted by molar-refractivity contribution is 6.32. The molecule has 1 heterocycles. The first kappa shape index (κ1) is 16.2. The second-order valence-electron chi connectivity index (χ2n) is 4.65. The van der Waals surface area contributed by atoms with E-state index in [1.54, 1.807) is 20.2 Å². The fourth-order valence-corrected chi connectivity index (χ4v) is 2.73. The largest absolute Gasteiger partial charge is 0.492 e. The van der Waals surface area contributed by atoms with Crippen LogP contribution in [0.2, 0.25) is 5.02 Å². The second-order valence-corrected chi connectivity index (χ2v) is 5.06. The van der Waals surface area contributed by atoms with E-state index in [2.05, 4.69) is 5.10 Å². The van der Waals surface area contributed by atoms with E-state index in [1.165, 1.54) is 17.9 Å². The number of aryl methyl sites for hydroxylation is 1. The van der Waals surface area contributed by atoms with Gasteiger partial charge in [0.2, 0.25) is 0 Å². The van der Waals surface area contributed by atoms with Crippen molar-refractivity contribution in [2.75, 3.05) is 14.2 Å². The first-order valence-electron chi connectivity index (χ1n) is 6.65. The lowest BCUT2D eigenvalue weighted by Gasteiger charge is -2.17. The number of carboxylic acids is 1. The van der Waals surface area contributed by atoms with Gasteiger partial charge in [-0.25, -0.2) is 4.79 Å². The van der Waals surface area contributed by atoms with Crippen LogP contribution < -0.4 is 9.47 Å². The maximum atomic E-state index is 11.1. The average molecular weight is 325 g/mol. The number of hydrogen-bond acceptors (Lipinski definition) is 4. The van der Waals surface area contributed by atoms with Gasteiger partial charge < -0.3 is 14.6 Å². The van der Waals surface area contributed by atoms with Crippen LogP contribution in [0.25, 0.3) is 11.3 Å². The number of rotatable bonds is 5. The predicted octanol–water partition coefficient (Wildman–Crippen LogP) is 3.02. The monoisotopic (exact) mass is 324 g/mol. The zero-order valence-electron chi connectivity index (χ0n) is 12.8. The van der Waals surface area contributed by atoms with E-state index in [9.17, 15) is 4.79 Å². The number of nitrogens with zero attached hydrogens (tertiary/aromatic N) is 2.